The lowest BCUT2D eigenvalue weighted by Crippen LogP contribution is -2.21. The second kappa shape index (κ2) is 7.27. The number of nitrogens with one attached hydrogen (secondary N) is 1. The number of carbonyl (C=O) groups is 1. The first-order chi connectivity index (χ1) is 12.1. The number of hydrogen-bond donors (Lipinski definition) is 2. The van der Waals surface area contributed by atoms with Gasteiger partial charge in [0.2, 0.25) is 0 Å². The van der Waals surface area contributed by atoms with Gasteiger partial charge in [0, 0.05) is 30.4 Å². The van der Waals surface area contributed by atoms with Gasteiger partial charge >= 0.3 is 0 Å². The summed E-state index contributed by atoms with van der Waals surface area (Å²) in [6.07, 6.45) is 0. The molecular formula is C19H20N2O4. The number of nitrogens with zero attached hydrogens (tertiary/aromatic N) is 1. The zero-order valence-corrected chi connectivity index (χ0v) is 14.2. The summed E-state index contributed by atoms with van der Waals surface area (Å²) in [6, 6.07) is 14.6. The molecular weight excluding hydrogens is 320 g/mol. The second-order valence-electron chi connectivity index (χ2n) is 5.64. The molecule has 1 aromatic heterocycles. The summed E-state index contributed by atoms with van der Waals surface area (Å²) in [7, 11) is 3.46. The summed E-state index contributed by atoms with van der Waals surface area (Å²) >= 11 is 0. The van der Waals surface area contributed by atoms with Crippen LogP contribution in [0.15, 0.2) is 52.9 Å². The first kappa shape index (κ1) is 16.9. The number of benzene rings is 2. The van der Waals surface area contributed by atoms with Crippen molar-refractivity contribution in [2.45, 2.75) is 0 Å². The van der Waals surface area contributed by atoms with Gasteiger partial charge in [0.1, 0.15) is 0 Å². The Kier molecular flexibility index (Phi) is 4.90. The van der Waals surface area contributed by atoms with Gasteiger partial charge in [-0.3, -0.25) is 4.79 Å². The molecule has 0 saturated carbocycles. The highest BCUT2D eigenvalue weighted by Gasteiger charge is 2.15. The van der Waals surface area contributed by atoms with Gasteiger partial charge in [-0.05, 0) is 36.4 Å². The van der Waals surface area contributed by atoms with Crippen LogP contribution in [0, 0.1) is 0 Å². The van der Waals surface area contributed by atoms with E-state index in [1.807, 2.05) is 48.3 Å². The Bertz CT molecular complexity index is 871. The number of rotatable bonds is 6. The molecule has 1 amide bonds. The maximum absolute atomic E-state index is 12.4. The number of anilines is 2. The van der Waals surface area contributed by atoms with E-state index >= 15 is 0 Å². The van der Waals surface area contributed by atoms with Crippen molar-refractivity contribution in [3.63, 3.8) is 0 Å². The molecule has 6 heteroatoms. The fourth-order valence-electron chi connectivity index (χ4n) is 2.58. The molecule has 0 aliphatic heterocycles. The number of para-hydroxylation sites is 1. The molecule has 130 valence electrons. The maximum Gasteiger partial charge on any atom is 0.291 e. The lowest BCUT2D eigenvalue weighted by atomic mass is 10.2. The van der Waals surface area contributed by atoms with Crippen LogP contribution >= 0.6 is 0 Å². The number of furan rings is 1. The van der Waals surface area contributed by atoms with Gasteiger partial charge < -0.3 is 24.5 Å². The van der Waals surface area contributed by atoms with Gasteiger partial charge in [0.15, 0.2) is 17.1 Å². The lowest BCUT2D eigenvalue weighted by molar-refractivity contribution is 0.0998. The van der Waals surface area contributed by atoms with Gasteiger partial charge in [-0.25, -0.2) is 0 Å². The Balaban J connectivity index is 1.76. The molecule has 25 heavy (non-hydrogen) atoms. The molecule has 1 heterocycles. The molecule has 0 aliphatic rings. The first-order valence-electron chi connectivity index (χ1n) is 7.92. The number of aliphatic hydroxyl groups excluding tert-OH is 1. The van der Waals surface area contributed by atoms with Crippen molar-refractivity contribution >= 4 is 28.3 Å². The zero-order chi connectivity index (χ0) is 17.8. The Hall–Kier alpha value is -2.99. The van der Waals surface area contributed by atoms with E-state index in [-0.39, 0.29) is 18.3 Å². The highest BCUT2D eigenvalue weighted by molar-refractivity contribution is 6.05. The van der Waals surface area contributed by atoms with Gasteiger partial charge in [0.05, 0.1) is 13.7 Å². The number of hydrogen-bond acceptors (Lipinski definition) is 5. The van der Waals surface area contributed by atoms with Crippen LogP contribution in [0.4, 0.5) is 11.4 Å². The number of amides is 1. The van der Waals surface area contributed by atoms with E-state index in [9.17, 15) is 4.79 Å². The highest BCUT2D eigenvalue weighted by atomic mass is 16.5. The Morgan fingerprint density at radius 3 is 2.68 bits per heavy atom. The summed E-state index contributed by atoms with van der Waals surface area (Å²) in [5, 5.41) is 12.6. The number of fused-ring (bicyclic) bond motifs is 1. The van der Waals surface area contributed by atoms with Crippen LogP contribution in [0.5, 0.6) is 5.75 Å². The minimum absolute atomic E-state index is 0.0878. The molecule has 0 aliphatic carbocycles. The van der Waals surface area contributed by atoms with Crippen molar-refractivity contribution in [2.24, 2.45) is 0 Å². The summed E-state index contributed by atoms with van der Waals surface area (Å²) in [5.74, 6) is 0.489. The molecule has 0 atom stereocenters. The van der Waals surface area contributed by atoms with E-state index in [1.165, 1.54) is 0 Å². The number of aliphatic hydroxyl groups is 1. The molecule has 0 spiro atoms. The topological polar surface area (TPSA) is 74.9 Å². The predicted octanol–water partition coefficient (Wildman–Crippen LogP) is 3.12. The fraction of sp³-hybridized carbons (Fsp3) is 0.211. The molecule has 0 saturated heterocycles. The van der Waals surface area contributed by atoms with Crippen LogP contribution in [0.2, 0.25) is 0 Å². The van der Waals surface area contributed by atoms with Crippen LogP contribution in [0.3, 0.4) is 0 Å². The maximum atomic E-state index is 12.4. The SMILES string of the molecule is COc1cccc2cc(C(=O)Nc3ccc(N(C)CCO)cc3)oc12. The highest BCUT2D eigenvalue weighted by Crippen LogP contribution is 2.29. The third-order valence-corrected chi connectivity index (χ3v) is 3.95. The molecule has 3 aromatic rings. The molecule has 2 N–H and O–H groups in total. The van der Waals surface area contributed by atoms with Gasteiger partial charge in [-0.2, -0.15) is 0 Å². The Labute approximate surface area is 145 Å². The number of methoxy groups -OCH3 is 1. The van der Waals surface area contributed by atoms with Crippen molar-refractivity contribution in [1.29, 1.82) is 0 Å². The number of ether oxygens (including phenoxy) is 1. The minimum Gasteiger partial charge on any atom is -0.493 e. The smallest absolute Gasteiger partial charge is 0.291 e. The minimum atomic E-state index is -0.324. The molecule has 3 rings (SSSR count). The molecule has 0 bridgehead atoms. The van der Waals surface area contributed by atoms with Crippen LogP contribution < -0.4 is 15.0 Å². The lowest BCUT2D eigenvalue weighted by Gasteiger charge is -2.18. The molecule has 6 nitrogen and oxygen atoms in total. The summed E-state index contributed by atoms with van der Waals surface area (Å²) < 4.78 is 10.9. The normalized spacial score (nSPS) is 10.7. The van der Waals surface area contributed by atoms with Gasteiger partial charge in [0.25, 0.3) is 5.91 Å². The van der Waals surface area contributed by atoms with Crippen LogP contribution in [-0.2, 0) is 0 Å². The average Bonchev–Trinajstić information content (AvgIpc) is 3.07. The van der Waals surface area contributed by atoms with E-state index in [2.05, 4.69) is 5.32 Å². The molecule has 2 aromatic carbocycles. The third-order valence-electron chi connectivity index (χ3n) is 3.95. The van der Waals surface area contributed by atoms with E-state index in [0.717, 1.165) is 11.1 Å². The largest absolute Gasteiger partial charge is 0.493 e. The van der Waals surface area contributed by atoms with Crippen LogP contribution in [0.25, 0.3) is 11.0 Å². The van der Waals surface area contributed by atoms with E-state index < -0.39 is 0 Å². The predicted molar refractivity (Wildman–Crippen MR) is 97.5 cm³/mol. The van der Waals surface area contributed by atoms with Crippen molar-refractivity contribution < 1.29 is 19.1 Å². The third kappa shape index (κ3) is 3.59. The fourth-order valence-corrected chi connectivity index (χ4v) is 2.58. The number of carbonyl (C=O) groups excluding carboxylic acids is 1. The monoisotopic (exact) mass is 340 g/mol. The van der Waals surface area contributed by atoms with Crippen LogP contribution in [0.1, 0.15) is 10.6 Å². The average molecular weight is 340 g/mol. The quantitative estimate of drug-likeness (QED) is 0.721. The Morgan fingerprint density at radius 1 is 1.24 bits per heavy atom. The summed E-state index contributed by atoms with van der Waals surface area (Å²) in [4.78, 5) is 14.3. The van der Waals surface area contributed by atoms with Crippen LogP contribution in [-0.4, -0.2) is 38.3 Å². The zero-order valence-electron chi connectivity index (χ0n) is 14.2. The van der Waals surface area contributed by atoms with Crippen molar-refractivity contribution in [1.82, 2.24) is 0 Å². The second-order valence-corrected chi connectivity index (χ2v) is 5.64. The summed E-state index contributed by atoms with van der Waals surface area (Å²) in [5.41, 5.74) is 2.18. The van der Waals surface area contributed by atoms with E-state index in [1.54, 1.807) is 19.2 Å². The molecule has 0 unspecified atom stereocenters. The van der Waals surface area contributed by atoms with Gasteiger partial charge in [-0.1, -0.05) is 12.1 Å². The van der Waals surface area contributed by atoms with E-state index in [0.29, 0.717) is 23.6 Å². The standard InChI is InChI=1S/C19H20N2O4/c1-21(10-11-22)15-8-6-14(7-9-15)20-19(23)17-12-13-4-3-5-16(24-2)18(13)25-17/h3-9,12,22H,10-11H2,1-2H3,(H,20,23). The van der Waals surface area contributed by atoms with E-state index in [4.69, 9.17) is 14.3 Å². The van der Waals surface area contributed by atoms with Crippen molar-refractivity contribution in [2.75, 3.05) is 37.5 Å². The first-order valence-corrected chi connectivity index (χ1v) is 7.92. The number of likely N-dealkylation sites (N-methyl/N-ethyl adjacent to an activating group) is 1. The van der Waals surface area contributed by atoms with Gasteiger partial charge in [-0.15, -0.1) is 0 Å². The van der Waals surface area contributed by atoms with Crippen molar-refractivity contribution in [3.05, 3.63) is 54.3 Å². The molecule has 0 fully saturated rings. The molecule has 0 radical (unpaired) electrons. The summed E-state index contributed by atoms with van der Waals surface area (Å²) in [6.45, 7) is 0.636. The Morgan fingerprint density at radius 2 is 2.00 bits per heavy atom. The van der Waals surface area contributed by atoms with Crippen molar-refractivity contribution in [3.8, 4) is 5.75 Å².